The van der Waals surface area contributed by atoms with E-state index < -0.39 is 0 Å². The molecule has 5 nitrogen and oxygen atoms in total. The quantitative estimate of drug-likeness (QED) is 0.655. The Morgan fingerprint density at radius 2 is 2.00 bits per heavy atom. The van der Waals surface area contributed by atoms with Gasteiger partial charge in [-0.05, 0) is 31.8 Å². The standard InChI is InChI=1S/C14H17N3O2S/c1-16(2)10-11-5-3-4-6-13(11)15-9-12-7-8-14(20-12)17(18)19/h3-8,15H,9-10H2,1-2H3. The zero-order valence-corrected chi connectivity index (χ0v) is 12.3. The summed E-state index contributed by atoms with van der Waals surface area (Å²) in [6, 6.07) is 11.5. The molecule has 1 N–H and O–H groups in total. The summed E-state index contributed by atoms with van der Waals surface area (Å²) < 4.78 is 0. The molecular formula is C14H17N3O2S. The SMILES string of the molecule is CN(C)Cc1ccccc1NCc1ccc([N+](=O)[O-])s1. The molecule has 0 fully saturated rings. The van der Waals surface area contributed by atoms with Crippen molar-refractivity contribution in [2.45, 2.75) is 13.1 Å². The minimum Gasteiger partial charge on any atom is -0.380 e. The normalized spacial score (nSPS) is 10.8. The van der Waals surface area contributed by atoms with Gasteiger partial charge in [0.15, 0.2) is 0 Å². The summed E-state index contributed by atoms with van der Waals surface area (Å²) in [6.07, 6.45) is 0. The number of rotatable bonds is 6. The number of nitrogens with zero attached hydrogens (tertiary/aromatic N) is 2. The van der Waals surface area contributed by atoms with E-state index in [1.54, 1.807) is 12.1 Å². The summed E-state index contributed by atoms with van der Waals surface area (Å²) in [5.74, 6) is 0. The summed E-state index contributed by atoms with van der Waals surface area (Å²) in [4.78, 5) is 13.4. The molecule has 20 heavy (non-hydrogen) atoms. The van der Waals surface area contributed by atoms with Crippen LogP contribution in [0.1, 0.15) is 10.4 Å². The lowest BCUT2D eigenvalue weighted by Crippen LogP contribution is -2.12. The second kappa shape index (κ2) is 6.49. The number of thiophene rings is 1. The first-order valence-corrected chi connectivity index (χ1v) is 7.07. The summed E-state index contributed by atoms with van der Waals surface area (Å²) in [6.45, 7) is 1.46. The van der Waals surface area contributed by atoms with Crippen molar-refractivity contribution in [1.29, 1.82) is 0 Å². The summed E-state index contributed by atoms with van der Waals surface area (Å²) in [5, 5.41) is 14.2. The van der Waals surface area contributed by atoms with E-state index in [4.69, 9.17) is 0 Å². The molecule has 0 unspecified atom stereocenters. The van der Waals surface area contributed by atoms with Gasteiger partial charge in [-0.25, -0.2) is 0 Å². The Labute approximate surface area is 122 Å². The summed E-state index contributed by atoms with van der Waals surface area (Å²) in [7, 11) is 4.05. The van der Waals surface area contributed by atoms with Gasteiger partial charge in [-0.3, -0.25) is 10.1 Å². The van der Waals surface area contributed by atoms with Gasteiger partial charge in [-0.15, -0.1) is 0 Å². The molecule has 0 amide bonds. The molecule has 106 valence electrons. The molecule has 1 heterocycles. The zero-order valence-electron chi connectivity index (χ0n) is 11.5. The Hall–Kier alpha value is -1.92. The van der Waals surface area contributed by atoms with Crippen molar-refractivity contribution in [2.75, 3.05) is 19.4 Å². The fraction of sp³-hybridized carbons (Fsp3) is 0.286. The van der Waals surface area contributed by atoms with Gasteiger partial charge in [0.25, 0.3) is 0 Å². The predicted octanol–water partition coefficient (Wildman–Crippen LogP) is 3.33. The number of hydrogen-bond donors (Lipinski definition) is 1. The maximum absolute atomic E-state index is 10.7. The van der Waals surface area contributed by atoms with Gasteiger partial charge in [0.1, 0.15) is 0 Å². The van der Waals surface area contributed by atoms with Crippen molar-refractivity contribution < 1.29 is 4.92 Å². The van der Waals surface area contributed by atoms with Gasteiger partial charge in [0, 0.05) is 29.7 Å². The highest BCUT2D eigenvalue weighted by Gasteiger charge is 2.10. The number of benzene rings is 1. The molecule has 0 aliphatic rings. The first-order valence-electron chi connectivity index (χ1n) is 6.26. The Kier molecular flexibility index (Phi) is 4.70. The maximum atomic E-state index is 10.7. The minimum absolute atomic E-state index is 0.184. The van der Waals surface area contributed by atoms with Crippen LogP contribution >= 0.6 is 11.3 Å². The second-order valence-electron chi connectivity index (χ2n) is 4.75. The third kappa shape index (κ3) is 3.79. The number of anilines is 1. The highest BCUT2D eigenvalue weighted by atomic mass is 32.1. The highest BCUT2D eigenvalue weighted by Crippen LogP contribution is 2.25. The topological polar surface area (TPSA) is 58.4 Å². The molecule has 0 spiro atoms. The molecule has 0 bridgehead atoms. The molecule has 0 saturated heterocycles. The van der Waals surface area contributed by atoms with Crippen LogP contribution in [0.5, 0.6) is 0 Å². The molecule has 0 saturated carbocycles. The van der Waals surface area contributed by atoms with Crippen molar-refractivity contribution in [1.82, 2.24) is 4.90 Å². The average molecular weight is 291 g/mol. The molecule has 6 heteroatoms. The van der Waals surface area contributed by atoms with Gasteiger partial charge in [-0.2, -0.15) is 0 Å². The molecule has 1 aromatic carbocycles. The molecule has 2 aromatic rings. The van der Waals surface area contributed by atoms with Crippen molar-refractivity contribution in [2.24, 2.45) is 0 Å². The van der Waals surface area contributed by atoms with Gasteiger partial charge in [0.2, 0.25) is 0 Å². The second-order valence-corrected chi connectivity index (χ2v) is 5.89. The monoisotopic (exact) mass is 291 g/mol. The van der Waals surface area contributed by atoms with E-state index >= 15 is 0 Å². The number of nitrogens with one attached hydrogen (secondary N) is 1. The largest absolute Gasteiger partial charge is 0.380 e. The predicted molar refractivity (Wildman–Crippen MR) is 82.1 cm³/mol. The van der Waals surface area contributed by atoms with Crippen LogP contribution in [0.3, 0.4) is 0 Å². The molecule has 1 aromatic heterocycles. The van der Waals surface area contributed by atoms with Crippen LogP contribution < -0.4 is 5.32 Å². The Bertz CT molecular complexity index is 596. The van der Waals surface area contributed by atoms with Crippen LogP contribution in [0.25, 0.3) is 0 Å². The first kappa shape index (κ1) is 14.5. The molecule has 0 radical (unpaired) electrons. The van der Waals surface area contributed by atoms with E-state index in [0.717, 1.165) is 17.1 Å². The fourth-order valence-corrected chi connectivity index (χ4v) is 2.67. The van der Waals surface area contributed by atoms with E-state index in [2.05, 4.69) is 16.3 Å². The molecule has 2 rings (SSSR count). The molecule has 0 aliphatic carbocycles. The molecule has 0 aliphatic heterocycles. The average Bonchev–Trinajstić information content (AvgIpc) is 2.86. The highest BCUT2D eigenvalue weighted by molar-refractivity contribution is 7.15. The molecule has 0 atom stereocenters. The van der Waals surface area contributed by atoms with E-state index in [1.165, 1.54) is 16.9 Å². The van der Waals surface area contributed by atoms with Gasteiger partial charge < -0.3 is 10.2 Å². The zero-order chi connectivity index (χ0) is 14.5. The Morgan fingerprint density at radius 1 is 1.25 bits per heavy atom. The maximum Gasteiger partial charge on any atom is 0.324 e. The Morgan fingerprint density at radius 3 is 2.65 bits per heavy atom. The van der Waals surface area contributed by atoms with Crippen LogP contribution in [0.15, 0.2) is 36.4 Å². The van der Waals surface area contributed by atoms with Crippen molar-refractivity contribution in [3.05, 3.63) is 57.0 Å². The van der Waals surface area contributed by atoms with E-state index in [1.807, 2.05) is 32.3 Å². The van der Waals surface area contributed by atoms with Crippen molar-refractivity contribution >= 4 is 22.0 Å². The fourth-order valence-electron chi connectivity index (χ4n) is 1.91. The van der Waals surface area contributed by atoms with Gasteiger partial charge in [0.05, 0.1) is 4.92 Å². The number of hydrogen-bond acceptors (Lipinski definition) is 5. The lowest BCUT2D eigenvalue weighted by atomic mass is 10.1. The number of para-hydroxylation sites is 1. The summed E-state index contributed by atoms with van der Waals surface area (Å²) >= 11 is 1.21. The smallest absolute Gasteiger partial charge is 0.324 e. The first-order chi connectivity index (χ1) is 9.56. The van der Waals surface area contributed by atoms with Crippen LogP contribution in [-0.4, -0.2) is 23.9 Å². The van der Waals surface area contributed by atoms with E-state index in [0.29, 0.717) is 6.54 Å². The van der Waals surface area contributed by atoms with Crippen molar-refractivity contribution in [3.8, 4) is 0 Å². The lowest BCUT2D eigenvalue weighted by molar-refractivity contribution is -0.380. The minimum atomic E-state index is -0.353. The van der Waals surface area contributed by atoms with Crippen LogP contribution in [-0.2, 0) is 13.1 Å². The van der Waals surface area contributed by atoms with Crippen LogP contribution in [0.4, 0.5) is 10.7 Å². The van der Waals surface area contributed by atoms with Crippen LogP contribution in [0, 0.1) is 10.1 Å². The van der Waals surface area contributed by atoms with Gasteiger partial charge >= 0.3 is 5.00 Å². The van der Waals surface area contributed by atoms with Crippen LogP contribution in [0.2, 0.25) is 0 Å². The summed E-state index contributed by atoms with van der Waals surface area (Å²) in [5.41, 5.74) is 2.28. The lowest BCUT2D eigenvalue weighted by Gasteiger charge is -2.15. The van der Waals surface area contributed by atoms with Gasteiger partial charge in [-0.1, -0.05) is 29.5 Å². The van der Waals surface area contributed by atoms with Crippen molar-refractivity contribution in [3.63, 3.8) is 0 Å². The third-order valence-corrected chi connectivity index (χ3v) is 3.82. The van der Waals surface area contributed by atoms with E-state index in [-0.39, 0.29) is 9.92 Å². The number of nitro groups is 1. The molecular weight excluding hydrogens is 274 g/mol. The van der Waals surface area contributed by atoms with E-state index in [9.17, 15) is 10.1 Å². The third-order valence-electron chi connectivity index (χ3n) is 2.78. The Balaban J connectivity index is 2.04.